The van der Waals surface area contributed by atoms with E-state index in [2.05, 4.69) is 31.9 Å². The monoisotopic (exact) mass is 422 g/mol. The number of halogens is 2. The van der Waals surface area contributed by atoms with E-state index in [1.165, 1.54) is 6.07 Å². The van der Waals surface area contributed by atoms with Crippen molar-refractivity contribution in [1.29, 1.82) is 0 Å². The summed E-state index contributed by atoms with van der Waals surface area (Å²) in [5, 5.41) is 10.1. The van der Waals surface area contributed by atoms with Gasteiger partial charge in [-0.15, -0.1) is 0 Å². The fourth-order valence-corrected chi connectivity index (χ4v) is 3.69. The molecule has 1 N–H and O–H groups in total. The van der Waals surface area contributed by atoms with Gasteiger partial charge in [-0.25, -0.2) is 9.59 Å². The molecule has 0 saturated carbocycles. The van der Waals surface area contributed by atoms with Crippen LogP contribution < -0.4 is 5.63 Å². The highest BCUT2D eigenvalue weighted by molar-refractivity contribution is 9.11. The molecule has 0 bridgehead atoms. The second kappa shape index (κ2) is 5.70. The quantitative estimate of drug-likeness (QED) is 0.607. The number of hydrogen-bond donors (Lipinski definition) is 1. The molecule has 22 heavy (non-hydrogen) atoms. The van der Waals surface area contributed by atoms with Crippen LogP contribution in [0.3, 0.4) is 0 Å². The third-order valence-corrected chi connectivity index (χ3v) is 4.28. The van der Waals surface area contributed by atoms with Crippen LogP contribution in [0.25, 0.3) is 22.1 Å². The van der Waals surface area contributed by atoms with Gasteiger partial charge in [-0.2, -0.15) is 0 Å². The van der Waals surface area contributed by atoms with Crippen LogP contribution in [0.4, 0.5) is 0 Å². The fraction of sp³-hybridized carbons (Fsp3) is 0. The number of carboxylic acid groups (broad SMARTS) is 1. The summed E-state index contributed by atoms with van der Waals surface area (Å²) < 4.78 is 6.39. The van der Waals surface area contributed by atoms with E-state index in [9.17, 15) is 14.7 Å². The number of benzene rings is 2. The van der Waals surface area contributed by atoms with Gasteiger partial charge >= 0.3 is 11.6 Å². The topological polar surface area (TPSA) is 67.5 Å². The smallest absolute Gasteiger partial charge is 0.344 e. The lowest BCUT2D eigenvalue weighted by Gasteiger charge is -2.09. The molecule has 2 aromatic carbocycles. The molecular weight excluding hydrogens is 416 g/mol. The molecule has 0 atom stereocenters. The molecule has 3 rings (SSSR count). The Kier molecular flexibility index (Phi) is 3.88. The number of para-hydroxylation sites is 1. The van der Waals surface area contributed by atoms with Gasteiger partial charge in [0.25, 0.3) is 0 Å². The average Bonchev–Trinajstić information content (AvgIpc) is 2.46. The summed E-state index contributed by atoms with van der Waals surface area (Å²) in [6, 6.07) is 11.9. The molecule has 3 aromatic rings. The third kappa shape index (κ3) is 2.60. The van der Waals surface area contributed by atoms with Crippen LogP contribution in [0.5, 0.6) is 0 Å². The Morgan fingerprint density at radius 2 is 1.82 bits per heavy atom. The van der Waals surface area contributed by atoms with Crippen LogP contribution in [0.2, 0.25) is 0 Å². The van der Waals surface area contributed by atoms with Crippen molar-refractivity contribution < 1.29 is 14.3 Å². The highest BCUT2D eigenvalue weighted by Crippen LogP contribution is 2.34. The molecule has 0 unspecified atom stereocenters. The molecule has 0 amide bonds. The molecule has 0 aliphatic carbocycles. The Morgan fingerprint density at radius 3 is 2.55 bits per heavy atom. The molecule has 110 valence electrons. The highest BCUT2D eigenvalue weighted by atomic mass is 79.9. The lowest BCUT2D eigenvalue weighted by Crippen LogP contribution is -2.08. The van der Waals surface area contributed by atoms with Gasteiger partial charge in [0.15, 0.2) is 0 Å². The van der Waals surface area contributed by atoms with Crippen LogP contribution in [0.15, 0.2) is 60.6 Å². The van der Waals surface area contributed by atoms with Crippen LogP contribution in [0.1, 0.15) is 10.4 Å². The van der Waals surface area contributed by atoms with E-state index in [4.69, 9.17) is 4.42 Å². The number of fused-ring (bicyclic) bond motifs is 1. The molecule has 0 fully saturated rings. The number of carboxylic acids is 1. The van der Waals surface area contributed by atoms with Crippen molar-refractivity contribution in [3.63, 3.8) is 0 Å². The van der Waals surface area contributed by atoms with Gasteiger partial charge in [-0.05, 0) is 24.3 Å². The van der Waals surface area contributed by atoms with Crippen LogP contribution in [0, 0.1) is 0 Å². The first kappa shape index (κ1) is 15.0. The van der Waals surface area contributed by atoms with E-state index in [1.807, 2.05) is 6.07 Å². The summed E-state index contributed by atoms with van der Waals surface area (Å²) in [6.45, 7) is 0. The summed E-state index contributed by atoms with van der Waals surface area (Å²) in [6.07, 6.45) is 0. The van der Waals surface area contributed by atoms with Crippen molar-refractivity contribution in [2.45, 2.75) is 0 Å². The zero-order valence-electron chi connectivity index (χ0n) is 11.0. The van der Waals surface area contributed by atoms with Crippen molar-refractivity contribution in [2.24, 2.45) is 0 Å². The van der Waals surface area contributed by atoms with Crippen LogP contribution in [-0.4, -0.2) is 11.1 Å². The first-order valence-electron chi connectivity index (χ1n) is 6.23. The second-order valence-corrected chi connectivity index (χ2v) is 6.37. The zero-order chi connectivity index (χ0) is 15.9. The van der Waals surface area contributed by atoms with Gasteiger partial charge in [-0.1, -0.05) is 50.1 Å². The molecule has 4 nitrogen and oxygen atoms in total. The summed E-state index contributed by atoms with van der Waals surface area (Å²) in [4.78, 5) is 23.8. The SMILES string of the molecule is O=C(O)c1cc(Br)cc(Br)c1-c1cc2ccccc2oc1=O. The normalized spacial score (nSPS) is 10.8. The van der Waals surface area contributed by atoms with Gasteiger partial charge in [0, 0.05) is 19.9 Å². The first-order chi connectivity index (χ1) is 10.5. The molecule has 0 aliphatic heterocycles. The van der Waals surface area contributed by atoms with Gasteiger partial charge in [0.05, 0.1) is 11.1 Å². The Hall–Kier alpha value is -1.92. The van der Waals surface area contributed by atoms with E-state index in [0.29, 0.717) is 20.1 Å². The van der Waals surface area contributed by atoms with Crippen LogP contribution >= 0.6 is 31.9 Å². The van der Waals surface area contributed by atoms with Gasteiger partial charge < -0.3 is 9.52 Å². The zero-order valence-corrected chi connectivity index (χ0v) is 14.1. The van der Waals surface area contributed by atoms with E-state index in [0.717, 1.165) is 5.39 Å². The van der Waals surface area contributed by atoms with Crippen molar-refractivity contribution in [3.8, 4) is 11.1 Å². The summed E-state index contributed by atoms with van der Waals surface area (Å²) in [5.41, 5.74) is 0.403. The maximum atomic E-state index is 12.3. The Bertz CT molecular complexity index is 960. The lowest BCUT2D eigenvalue weighted by molar-refractivity contribution is 0.0697. The van der Waals surface area contributed by atoms with E-state index in [1.54, 1.807) is 30.3 Å². The minimum absolute atomic E-state index is 0.0174. The van der Waals surface area contributed by atoms with E-state index >= 15 is 0 Å². The minimum Gasteiger partial charge on any atom is -0.478 e. The third-order valence-electron chi connectivity index (χ3n) is 3.20. The fourth-order valence-electron chi connectivity index (χ4n) is 2.25. The Morgan fingerprint density at radius 1 is 1.09 bits per heavy atom. The Balaban J connectivity index is 2.39. The molecule has 1 heterocycles. The number of rotatable bonds is 2. The van der Waals surface area contributed by atoms with E-state index in [-0.39, 0.29) is 11.1 Å². The summed E-state index contributed by atoms with van der Waals surface area (Å²) in [5.74, 6) is -1.12. The standard InChI is InChI=1S/C16H8Br2O4/c17-9-6-10(15(19)20)14(12(18)7-9)11-5-8-3-1-2-4-13(8)22-16(11)21/h1-7H,(H,19,20). The molecule has 1 aromatic heterocycles. The molecular formula is C16H8Br2O4. The van der Waals surface area contributed by atoms with Crippen molar-refractivity contribution >= 4 is 48.8 Å². The lowest BCUT2D eigenvalue weighted by atomic mass is 10.00. The molecule has 0 spiro atoms. The van der Waals surface area contributed by atoms with Crippen LogP contribution in [-0.2, 0) is 0 Å². The number of aromatic carboxylic acids is 1. The largest absolute Gasteiger partial charge is 0.478 e. The predicted octanol–water partition coefficient (Wildman–Crippen LogP) is 4.68. The number of hydrogen-bond acceptors (Lipinski definition) is 3. The highest BCUT2D eigenvalue weighted by Gasteiger charge is 2.20. The van der Waals surface area contributed by atoms with Crippen molar-refractivity contribution in [1.82, 2.24) is 0 Å². The summed E-state index contributed by atoms with van der Waals surface area (Å²) >= 11 is 6.58. The second-order valence-electron chi connectivity index (χ2n) is 4.60. The van der Waals surface area contributed by atoms with E-state index < -0.39 is 11.6 Å². The average molecular weight is 424 g/mol. The van der Waals surface area contributed by atoms with Gasteiger partial charge in [-0.3, -0.25) is 0 Å². The molecule has 0 aliphatic rings. The molecule has 6 heteroatoms. The maximum Gasteiger partial charge on any atom is 0.344 e. The molecule has 0 radical (unpaired) electrons. The Labute approximate surface area is 141 Å². The van der Waals surface area contributed by atoms with Crippen molar-refractivity contribution in [2.75, 3.05) is 0 Å². The summed E-state index contributed by atoms with van der Waals surface area (Å²) in [7, 11) is 0. The molecule has 0 saturated heterocycles. The first-order valence-corrected chi connectivity index (χ1v) is 7.81. The minimum atomic E-state index is -1.12. The maximum absolute atomic E-state index is 12.3. The number of carbonyl (C=O) groups is 1. The van der Waals surface area contributed by atoms with Gasteiger partial charge in [0.1, 0.15) is 5.58 Å². The van der Waals surface area contributed by atoms with Gasteiger partial charge in [0.2, 0.25) is 0 Å². The predicted molar refractivity (Wildman–Crippen MR) is 90.3 cm³/mol. The van der Waals surface area contributed by atoms with Crippen molar-refractivity contribution in [3.05, 3.63) is 67.4 Å².